The fraction of sp³-hybridized carbons (Fsp3) is 0.538. The fourth-order valence-electron chi connectivity index (χ4n) is 2.27. The van der Waals surface area contributed by atoms with Gasteiger partial charge in [0.2, 0.25) is 17.8 Å². The van der Waals surface area contributed by atoms with Crippen molar-refractivity contribution in [2.75, 3.05) is 18.4 Å². The fourth-order valence-corrected chi connectivity index (χ4v) is 2.47. The summed E-state index contributed by atoms with van der Waals surface area (Å²) >= 11 is 3.24. The lowest BCUT2D eigenvalue weighted by molar-refractivity contribution is -0.130. The van der Waals surface area contributed by atoms with Crippen molar-refractivity contribution in [3.05, 3.63) is 16.9 Å². The first-order valence-electron chi connectivity index (χ1n) is 6.57. The van der Waals surface area contributed by atoms with Crippen molar-refractivity contribution in [2.45, 2.75) is 26.2 Å². The highest BCUT2D eigenvalue weighted by atomic mass is 79.9. The van der Waals surface area contributed by atoms with E-state index in [0.717, 1.165) is 30.4 Å². The number of carbonyl (C=O) groups excluding carboxylic acids is 2. The van der Waals surface area contributed by atoms with Gasteiger partial charge in [0.15, 0.2) is 0 Å². The number of hydrogen-bond donors (Lipinski definition) is 1. The van der Waals surface area contributed by atoms with E-state index in [4.69, 9.17) is 0 Å². The van der Waals surface area contributed by atoms with E-state index in [1.807, 2.05) is 4.90 Å². The van der Waals surface area contributed by atoms with Gasteiger partial charge in [-0.2, -0.15) is 0 Å². The molecule has 0 saturated carbocycles. The molecule has 1 N–H and O–H groups in total. The molecule has 1 aromatic heterocycles. The van der Waals surface area contributed by atoms with Crippen molar-refractivity contribution in [2.24, 2.45) is 5.92 Å². The number of nitrogens with one attached hydrogen (secondary N) is 1. The summed E-state index contributed by atoms with van der Waals surface area (Å²) in [6, 6.07) is 0. The third kappa shape index (κ3) is 4.26. The Morgan fingerprint density at radius 1 is 1.35 bits per heavy atom. The van der Waals surface area contributed by atoms with E-state index < -0.39 is 0 Å². The van der Waals surface area contributed by atoms with Crippen LogP contribution in [-0.4, -0.2) is 39.8 Å². The maximum atomic E-state index is 11.9. The zero-order valence-electron chi connectivity index (χ0n) is 11.3. The zero-order chi connectivity index (χ0) is 14.5. The number of anilines is 1. The number of likely N-dealkylation sites (tertiary alicyclic amines) is 1. The van der Waals surface area contributed by atoms with Gasteiger partial charge < -0.3 is 4.90 Å². The molecule has 2 heterocycles. The van der Waals surface area contributed by atoms with Crippen molar-refractivity contribution in [3.63, 3.8) is 0 Å². The molecule has 1 saturated heterocycles. The Bertz CT molecular complexity index is 484. The largest absolute Gasteiger partial charge is 0.343 e. The van der Waals surface area contributed by atoms with Crippen molar-refractivity contribution < 1.29 is 9.59 Å². The highest BCUT2D eigenvalue weighted by Gasteiger charge is 2.22. The molecule has 1 aliphatic rings. The van der Waals surface area contributed by atoms with Gasteiger partial charge in [0.05, 0.1) is 4.47 Å². The van der Waals surface area contributed by atoms with Gasteiger partial charge in [-0.1, -0.05) is 0 Å². The van der Waals surface area contributed by atoms with Gasteiger partial charge in [-0.05, 0) is 34.7 Å². The van der Waals surface area contributed by atoms with Crippen LogP contribution in [0.5, 0.6) is 0 Å². The van der Waals surface area contributed by atoms with Crippen LogP contribution < -0.4 is 5.32 Å². The molecular weight excluding hydrogens is 324 g/mol. The summed E-state index contributed by atoms with van der Waals surface area (Å²) in [5.41, 5.74) is 0. The molecule has 20 heavy (non-hydrogen) atoms. The van der Waals surface area contributed by atoms with Crippen molar-refractivity contribution >= 4 is 33.7 Å². The van der Waals surface area contributed by atoms with E-state index >= 15 is 0 Å². The van der Waals surface area contributed by atoms with E-state index in [1.165, 1.54) is 0 Å². The van der Waals surface area contributed by atoms with Crippen molar-refractivity contribution in [1.29, 1.82) is 0 Å². The average molecular weight is 341 g/mol. The molecule has 0 radical (unpaired) electrons. The van der Waals surface area contributed by atoms with Crippen LogP contribution in [0.3, 0.4) is 0 Å². The number of piperidine rings is 1. The summed E-state index contributed by atoms with van der Waals surface area (Å²) in [6.45, 7) is 3.06. The molecule has 0 spiro atoms. The lowest BCUT2D eigenvalue weighted by atomic mass is 9.93. The zero-order valence-corrected chi connectivity index (χ0v) is 12.9. The maximum absolute atomic E-state index is 11.9. The van der Waals surface area contributed by atoms with Crippen molar-refractivity contribution in [1.82, 2.24) is 14.9 Å². The summed E-state index contributed by atoms with van der Waals surface area (Å²) in [4.78, 5) is 33.0. The SMILES string of the molecule is CC(=O)N1CCC(CC(=O)Nc2ncc(Br)cn2)CC1. The third-order valence-corrected chi connectivity index (χ3v) is 3.81. The molecule has 0 aliphatic carbocycles. The van der Waals surface area contributed by atoms with Crippen molar-refractivity contribution in [3.8, 4) is 0 Å². The van der Waals surface area contributed by atoms with Crippen LogP contribution in [0.25, 0.3) is 0 Å². The highest BCUT2D eigenvalue weighted by molar-refractivity contribution is 9.10. The van der Waals surface area contributed by atoms with Gasteiger partial charge in [-0.25, -0.2) is 9.97 Å². The molecule has 2 rings (SSSR count). The summed E-state index contributed by atoms with van der Waals surface area (Å²) < 4.78 is 0.770. The number of carbonyl (C=O) groups is 2. The Kier molecular flexibility index (Phi) is 5.05. The molecule has 1 aromatic rings. The highest BCUT2D eigenvalue weighted by Crippen LogP contribution is 2.21. The molecule has 6 nitrogen and oxygen atoms in total. The molecule has 1 fully saturated rings. The first kappa shape index (κ1) is 14.9. The van der Waals surface area contributed by atoms with Crippen LogP contribution in [0, 0.1) is 5.92 Å². The molecule has 7 heteroatoms. The predicted molar refractivity (Wildman–Crippen MR) is 78.0 cm³/mol. The number of aromatic nitrogens is 2. The predicted octanol–water partition coefficient (Wildman–Crippen LogP) is 1.83. The van der Waals surface area contributed by atoms with E-state index in [-0.39, 0.29) is 11.8 Å². The first-order chi connectivity index (χ1) is 9.54. The lowest BCUT2D eigenvalue weighted by Gasteiger charge is -2.30. The van der Waals surface area contributed by atoms with Crippen LogP contribution >= 0.6 is 15.9 Å². The molecule has 2 amide bonds. The number of hydrogen-bond acceptors (Lipinski definition) is 4. The van der Waals surface area contributed by atoms with E-state index in [1.54, 1.807) is 19.3 Å². The number of halogens is 1. The average Bonchev–Trinajstić information content (AvgIpc) is 2.42. The second kappa shape index (κ2) is 6.78. The van der Waals surface area contributed by atoms with Gasteiger partial charge in [-0.15, -0.1) is 0 Å². The van der Waals surface area contributed by atoms with E-state index in [2.05, 4.69) is 31.2 Å². The number of nitrogens with zero attached hydrogens (tertiary/aromatic N) is 3. The standard InChI is InChI=1S/C13H17BrN4O2/c1-9(19)18-4-2-10(3-5-18)6-12(20)17-13-15-7-11(14)8-16-13/h7-8,10H,2-6H2,1H3,(H,15,16,17,20). The minimum absolute atomic E-state index is 0.0754. The minimum atomic E-state index is -0.0754. The lowest BCUT2D eigenvalue weighted by Crippen LogP contribution is -2.37. The topological polar surface area (TPSA) is 75.2 Å². The molecule has 0 aromatic carbocycles. The molecule has 1 aliphatic heterocycles. The molecule has 0 unspecified atom stereocenters. The normalized spacial score (nSPS) is 16.0. The Morgan fingerprint density at radius 2 is 1.95 bits per heavy atom. The van der Waals surface area contributed by atoms with E-state index in [9.17, 15) is 9.59 Å². The van der Waals surface area contributed by atoms with Crippen LogP contribution in [0.15, 0.2) is 16.9 Å². The molecular formula is C13H17BrN4O2. The Balaban J connectivity index is 1.78. The third-order valence-electron chi connectivity index (χ3n) is 3.41. The Morgan fingerprint density at radius 3 is 2.50 bits per heavy atom. The Labute approximate surface area is 126 Å². The maximum Gasteiger partial charge on any atom is 0.229 e. The molecule has 0 atom stereocenters. The van der Waals surface area contributed by atoms with Gasteiger partial charge >= 0.3 is 0 Å². The monoisotopic (exact) mass is 340 g/mol. The molecule has 108 valence electrons. The van der Waals surface area contributed by atoms with Crippen LogP contribution in [-0.2, 0) is 9.59 Å². The van der Waals surface area contributed by atoms with Gasteiger partial charge in [0, 0.05) is 38.8 Å². The number of rotatable bonds is 3. The van der Waals surface area contributed by atoms with Crippen LogP contribution in [0.2, 0.25) is 0 Å². The van der Waals surface area contributed by atoms with Gasteiger partial charge in [0.1, 0.15) is 0 Å². The second-order valence-corrected chi connectivity index (χ2v) is 5.84. The van der Waals surface area contributed by atoms with Crippen LogP contribution in [0.4, 0.5) is 5.95 Å². The summed E-state index contributed by atoms with van der Waals surface area (Å²) in [5, 5.41) is 2.69. The quantitative estimate of drug-likeness (QED) is 0.910. The molecule has 0 bridgehead atoms. The second-order valence-electron chi connectivity index (χ2n) is 4.93. The summed E-state index contributed by atoms with van der Waals surface area (Å²) in [7, 11) is 0. The van der Waals surface area contributed by atoms with Gasteiger partial charge in [0.25, 0.3) is 0 Å². The van der Waals surface area contributed by atoms with E-state index in [0.29, 0.717) is 18.3 Å². The summed E-state index contributed by atoms with van der Waals surface area (Å²) in [5.74, 6) is 0.671. The van der Waals surface area contributed by atoms with Gasteiger partial charge in [-0.3, -0.25) is 14.9 Å². The summed E-state index contributed by atoms with van der Waals surface area (Å²) in [6.07, 6.45) is 5.37. The first-order valence-corrected chi connectivity index (χ1v) is 7.37. The smallest absolute Gasteiger partial charge is 0.229 e. The number of amides is 2. The Hall–Kier alpha value is -1.50. The minimum Gasteiger partial charge on any atom is -0.343 e. The van der Waals surface area contributed by atoms with Crippen LogP contribution in [0.1, 0.15) is 26.2 Å².